The Morgan fingerprint density at radius 3 is 2.74 bits per heavy atom. The largest absolute Gasteiger partial charge is 0.388 e. The summed E-state index contributed by atoms with van der Waals surface area (Å²) in [6, 6.07) is 8.11. The highest BCUT2D eigenvalue weighted by atomic mass is 19.1. The number of benzene rings is 1. The topological polar surface area (TPSA) is 38.0 Å². The Balaban J connectivity index is 2.18. The third kappa shape index (κ3) is 3.20. The monoisotopic (exact) mass is 262 g/mol. The minimum atomic E-state index is -0.706. The van der Waals surface area contributed by atoms with Gasteiger partial charge in [0, 0.05) is 18.7 Å². The third-order valence-electron chi connectivity index (χ3n) is 3.21. The molecular weight excluding hydrogens is 243 g/mol. The zero-order valence-electron chi connectivity index (χ0n) is 11.3. The van der Waals surface area contributed by atoms with Crippen molar-refractivity contribution >= 4 is 0 Å². The molecule has 0 radical (unpaired) electrons. The Hall–Kier alpha value is -1.68. The van der Waals surface area contributed by atoms with Crippen LogP contribution in [0.25, 0.3) is 0 Å². The number of hydrogen-bond acceptors (Lipinski definition) is 2. The molecule has 0 spiro atoms. The summed E-state index contributed by atoms with van der Waals surface area (Å²) in [5.74, 6) is -0.324. The van der Waals surface area contributed by atoms with Crippen molar-refractivity contribution in [3.63, 3.8) is 0 Å². The van der Waals surface area contributed by atoms with Crippen LogP contribution >= 0.6 is 0 Å². The summed E-state index contributed by atoms with van der Waals surface area (Å²) in [7, 11) is 0. The van der Waals surface area contributed by atoms with Crippen LogP contribution in [0.1, 0.15) is 36.9 Å². The molecule has 1 unspecified atom stereocenters. The average molecular weight is 262 g/mol. The van der Waals surface area contributed by atoms with Gasteiger partial charge in [-0.1, -0.05) is 19.1 Å². The second-order valence-electron chi connectivity index (χ2n) is 4.57. The molecule has 0 aliphatic heterocycles. The van der Waals surface area contributed by atoms with Crippen molar-refractivity contribution in [3.8, 4) is 0 Å². The van der Waals surface area contributed by atoms with Crippen LogP contribution in [-0.4, -0.2) is 14.9 Å². The molecule has 0 aliphatic rings. The first kappa shape index (κ1) is 13.7. The van der Waals surface area contributed by atoms with E-state index in [9.17, 15) is 9.50 Å². The number of aliphatic hydroxyl groups excluding tert-OH is 1. The molecule has 0 fully saturated rings. The highest BCUT2D eigenvalue weighted by molar-refractivity contribution is 5.21. The number of nitrogens with zero attached hydrogens (tertiary/aromatic N) is 2. The average Bonchev–Trinajstić information content (AvgIpc) is 2.81. The van der Waals surface area contributed by atoms with Crippen LogP contribution in [0.15, 0.2) is 30.3 Å². The van der Waals surface area contributed by atoms with E-state index in [1.54, 1.807) is 12.1 Å². The molecular formula is C15H19FN2O. The number of rotatable bonds is 5. The smallest absolute Gasteiger partial charge is 0.123 e. The number of hydrogen-bond donors (Lipinski definition) is 1. The van der Waals surface area contributed by atoms with Crippen molar-refractivity contribution in [3.05, 3.63) is 53.1 Å². The van der Waals surface area contributed by atoms with E-state index in [4.69, 9.17) is 0 Å². The molecule has 1 aromatic carbocycles. The van der Waals surface area contributed by atoms with Crippen LogP contribution in [0.3, 0.4) is 0 Å². The van der Waals surface area contributed by atoms with Gasteiger partial charge in [0.15, 0.2) is 0 Å². The van der Waals surface area contributed by atoms with Crippen molar-refractivity contribution in [1.29, 1.82) is 0 Å². The van der Waals surface area contributed by atoms with Crippen LogP contribution in [0.4, 0.5) is 4.39 Å². The molecule has 0 saturated carbocycles. The first-order chi connectivity index (χ1) is 9.13. The molecule has 1 atom stereocenters. The standard InChI is InChI=1S/C15H19FN2O/c1-3-13-9-14(18(4-2)17-13)10-15(19)11-6-5-7-12(16)8-11/h5-9,15,19H,3-4,10H2,1-2H3. The summed E-state index contributed by atoms with van der Waals surface area (Å²) in [4.78, 5) is 0. The maximum absolute atomic E-state index is 13.1. The van der Waals surface area contributed by atoms with Crippen molar-refractivity contribution in [2.75, 3.05) is 0 Å². The Labute approximate surface area is 112 Å². The number of aromatic nitrogens is 2. The van der Waals surface area contributed by atoms with Crippen LogP contribution in [-0.2, 0) is 19.4 Å². The fourth-order valence-electron chi connectivity index (χ4n) is 2.16. The summed E-state index contributed by atoms with van der Waals surface area (Å²) in [6.07, 6.45) is 0.614. The summed E-state index contributed by atoms with van der Waals surface area (Å²) in [6.45, 7) is 4.84. The fourth-order valence-corrected chi connectivity index (χ4v) is 2.16. The maximum atomic E-state index is 13.1. The van der Waals surface area contributed by atoms with Gasteiger partial charge in [0.25, 0.3) is 0 Å². The zero-order chi connectivity index (χ0) is 13.8. The molecule has 2 aromatic rings. The van der Waals surface area contributed by atoms with Gasteiger partial charge in [0.05, 0.1) is 11.8 Å². The van der Waals surface area contributed by atoms with E-state index < -0.39 is 6.10 Å². The number of halogens is 1. The molecule has 1 heterocycles. The van der Waals surface area contributed by atoms with Crippen molar-refractivity contribution in [2.24, 2.45) is 0 Å². The van der Waals surface area contributed by atoms with Crippen LogP contribution in [0, 0.1) is 5.82 Å². The molecule has 1 N–H and O–H groups in total. The molecule has 0 bridgehead atoms. The molecule has 4 heteroatoms. The summed E-state index contributed by atoms with van der Waals surface area (Å²) < 4.78 is 15.0. The van der Waals surface area contributed by atoms with E-state index in [2.05, 4.69) is 12.0 Å². The van der Waals surface area contributed by atoms with Crippen molar-refractivity contribution in [2.45, 2.75) is 39.3 Å². The fraction of sp³-hybridized carbons (Fsp3) is 0.400. The van der Waals surface area contributed by atoms with Crippen molar-refractivity contribution < 1.29 is 9.50 Å². The lowest BCUT2D eigenvalue weighted by molar-refractivity contribution is 0.175. The second kappa shape index (κ2) is 5.97. The molecule has 3 nitrogen and oxygen atoms in total. The third-order valence-corrected chi connectivity index (χ3v) is 3.21. The minimum Gasteiger partial charge on any atom is -0.388 e. The Kier molecular flexibility index (Phi) is 4.32. The number of aliphatic hydroxyl groups is 1. The lowest BCUT2D eigenvalue weighted by Crippen LogP contribution is -2.08. The van der Waals surface area contributed by atoms with Crippen molar-refractivity contribution in [1.82, 2.24) is 9.78 Å². The summed E-state index contributed by atoms with van der Waals surface area (Å²) in [5.41, 5.74) is 2.60. The first-order valence-electron chi connectivity index (χ1n) is 6.63. The van der Waals surface area contributed by atoms with Gasteiger partial charge in [-0.3, -0.25) is 4.68 Å². The maximum Gasteiger partial charge on any atom is 0.123 e. The second-order valence-corrected chi connectivity index (χ2v) is 4.57. The molecule has 102 valence electrons. The van der Waals surface area contributed by atoms with E-state index in [1.807, 2.05) is 17.7 Å². The highest BCUT2D eigenvalue weighted by Crippen LogP contribution is 2.20. The van der Waals surface area contributed by atoms with Gasteiger partial charge < -0.3 is 5.11 Å². The molecule has 1 aromatic heterocycles. The Morgan fingerprint density at radius 2 is 2.11 bits per heavy atom. The van der Waals surface area contributed by atoms with Gasteiger partial charge in [-0.2, -0.15) is 5.10 Å². The van der Waals surface area contributed by atoms with E-state index in [0.29, 0.717) is 12.0 Å². The Morgan fingerprint density at radius 1 is 1.32 bits per heavy atom. The highest BCUT2D eigenvalue weighted by Gasteiger charge is 2.13. The Bertz CT molecular complexity index is 551. The predicted octanol–water partition coefficient (Wildman–Crippen LogP) is 2.88. The van der Waals surface area contributed by atoms with Gasteiger partial charge in [0.1, 0.15) is 5.82 Å². The van der Waals surface area contributed by atoms with Gasteiger partial charge in [-0.15, -0.1) is 0 Å². The van der Waals surface area contributed by atoms with Gasteiger partial charge in [-0.25, -0.2) is 4.39 Å². The predicted molar refractivity (Wildman–Crippen MR) is 72.3 cm³/mol. The van der Waals surface area contributed by atoms with Crippen LogP contribution in [0.2, 0.25) is 0 Å². The SMILES string of the molecule is CCc1cc(CC(O)c2cccc(F)c2)n(CC)n1. The van der Waals surface area contributed by atoms with E-state index >= 15 is 0 Å². The van der Waals surface area contributed by atoms with Crippen LogP contribution in [0.5, 0.6) is 0 Å². The molecule has 0 aliphatic carbocycles. The molecule has 2 rings (SSSR count). The van der Waals surface area contributed by atoms with Crippen LogP contribution < -0.4 is 0 Å². The molecule has 19 heavy (non-hydrogen) atoms. The first-order valence-corrected chi connectivity index (χ1v) is 6.63. The zero-order valence-corrected chi connectivity index (χ0v) is 11.3. The lowest BCUT2D eigenvalue weighted by Gasteiger charge is -2.12. The van der Waals surface area contributed by atoms with Gasteiger partial charge in [-0.05, 0) is 37.1 Å². The quantitative estimate of drug-likeness (QED) is 0.899. The van der Waals surface area contributed by atoms with E-state index in [1.165, 1.54) is 12.1 Å². The normalized spacial score (nSPS) is 12.6. The van der Waals surface area contributed by atoms with E-state index in [0.717, 1.165) is 24.4 Å². The van der Waals surface area contributed by atoms with E-state index in [-0.39, 0.29) is 5.82 Å². The van der Waals surface area contributed by atoms with Gasteiger partial charge in [0.2, 0.25) is 0 Å². The molecule has 0 saturated heterocycles. The minimum absolute atomic E-state index is 0.324. The van der Waals surface area contributed by atoms with Gasteiger partial charge >= 0.3 is 0 Å². The summed E-state index contributed by atoms with van der Waals surface area (Å²) in [5, 5.41) is 14.6. The molecule has 0 amide bonds. The lowest BCUT2D eigenvalue weighted by atomic mass is 10.0. The summed E-state index contributed by atoms with van der Waals surface area (Å²) >= 11 is 0. The number of aryl methyl sites for hydroxylation is 2.